The molecule has 0 saturated carbocycles. The Kier molecular flexibility index (Phi) is 12.5. The molecule has 0 amide bonds. The van der Waals surface area contributed by atoms with Crippen molar-refractivity contribution in [2.24, 2.45) is 23.7 Å². The van der Waals surface area contributed by atoms with Gasteiger partial charge in [-0.2, -0.15) is 0 Å². The fraction of sp³-hybridized carbons (Fsp3) is 1.00. The summed E-state index contributed by atoms with van der Waals surface area (Å²) < 4.78 is 0.774. The van der Waals surface area contributed by atoms with Crippen molar-refractivity contribution in [3.63, 3.8) is 0 Å². The number of halogens is 1. The topological polar surface area (TPSA) is 3.24 Å². The number of alkyl halides is 1. The fourth-order valence-electron chi connectivity index (χ4n) is 3.25. The smallest absolute Gasteiger partial charge is 0.0161 e. The van der Waals surface area contributed by atoms with Crippen LogP contribution in [0.2, 0.25) is 0 Å². The minimum absolute atomic E-state index is 0.675. The Morgan fingerprint density at radius 1 is 0.864 bits per heavy atom. The summed E-state index contributed by atoms with van der Waals surface area (Å²) in [6.45, 7) is 18.0. The van der Waals surface area contributed by atoms with E-state index in [1.54, 1.807) is 0 Å². The Labute approximate surface area is 155 Å². The van der Waals surface area contributed by atoms with Crippen molar-refractivity contribution >= 4 is 22.6 Å². The molecule has 0 aromatic carbocycles. The summed E-state index contributed by atoms with van der Waals surface area (Å²) in [5, 5.41) is 0. The number of hydrogen-bond acceptors (Lipinski definition) is 1. The highest BCUT2D eigenvalue weighted by molar-refractivity contribution is 14.1. The quantitative estimate of drug-likeness (QED) is 0.193. The Morgan fingerprint density at radius 3 is 1.95 bits per heavy atom. The molecule has 0 aromatic heterocycles. The van der Waals surface area contributed by atoms with Crippen molar-refractivity contribution in [1.82, 2.24) is 4.90 Å². The molecule has 0 aliphatic rings. The monoisotopic (exact) mass is 423 g/mol. The van der Waals surface area contributed by atoms with Crippen molar-refractivity contribution in [3.05, 3.63) is 0 Å². The predicted octanol–water partition coefficient (Wildman–Crippen LogP) is 6.65. The van der Waals surface area contributed by atoms with Gasteiger partial charge in [0.2, 0.25) is 0 Å². The molecule has 0 N–H and O–H groups in total. The molecule has 0 fully saturated rings. The Bertz CT molecular complexity index is 266. The summed E-state index contributed by atoms with van der Waals surface area (Å²) in [6, 6.07) is 0.675. The van der Waals surface area contributed by atoms with E-state index < -0.39 is 0 Å². The second kappa shape index (κ2) is 12.1. The van der Waals surface area contributed by atoms with Crippen LogP contribution in [0.25, 0.3) is 0 Å². The summed E-state index contributed by atoms with van der Waals surface area (Å²) in [5.41, 5.74) is 0. The predicted molar refractivity (Wildman–Crippen MR) is 111 cm³/mol. The second-order valence-corrected chi connectivity index (χ2v) is 9.46. The maximum atomic E-state index is 2.66. The van der Waals surface area contributed by atoms with Crippen LogP contribution in [0.5, 0.6) is 0 Å². The molecule has 5 unspecified atom stereocenters. The lowest BCUT2D eigenvalue weighted by molar-refractivity contribution is 0.149. The Balaban J connectivity index is 4.21. The second-order valence-electron chi connectivity index (χ2n) is 8.02. The van der Waals surface area contributed by atoms with Gasteiger partial charge in [-0.25, -0.2) is 0 Å². The van der Waals surface area contributed by atoms with Gasteiger partial charge in [-0.1, -0.05) is 89.8 Å². The van der Waals surface area contributed by atoms with E-state index in [0.29, 0.717) is 6.04 Å². The Hall–Kier alpha value is 0.690. The largest absolute Gasteiger partial charge is 0.303 e. The molecule has 0 spiro atoms. The third-order valence-corrected chi connectivity index (χ3v) is 8.27. The lowest BCUT2D eigenvalue weighted by atomic mass is 9.83. The molecular weight excluding hydrogens is 381 g/mol. The molecule has 0 aliphatic carbocycles. The van der Waals surface area contributed by atoms with Gasteiger partial charge < -0.3 is 4.90 Å². The van der Waals surface area contributed by atoms with Gasteiger partial charge in [0, 0.05) is 9.97 Å². The average molecular weight is 423 g/mol. The first kappa shape index (κ1) is 22.7. The van der Waals surface area contributed by atoms with Crippen molar-refractivity contribution in [2.45, 2.75) is 90.5 Å². The molecule has 2 heteroatoms. The highest BCUT2D eigenvalue weighted by Gasteiger charge is 2.28. The molecule has 0 radical (unpaired) electrons. The summed E-state index contributed by atoms with van der Waals surface area (Å²) >= 11 is 2.66. The highest BCUT2D eigenvalue weighted by atomic mass is 127. The standard InChI is InChI=1S/C20H42IN/c1-9-10-11-12-16(4)13-14-22(8)19(7)17(5)18(6)20(21)15(2)3/h15-20H,9-14H2,1-8H3. The lowest BCUT2D eigenvalue weighted by Crippen LogP contribution is -2.40. The minimum Gasteiger partial charge on any atom is -0.303 e. The van der Waals surface area contributed by atoms with Gasteiger partial charge in [0.05, 0.1) is 0 Å². The lowest BCUT2D eigenvalue weighted by Gasteiger charge is -2.36. The zero-order valence-electron chi connectivity index (χ0n) is 16.5. The number of rotatable bonds is 12. The van der Waals surface area contributed by atoms with Crippen LogP contribution in [0.15, 0.2) is 0 Å². The van der Waals surface area contributed by atoms with Gasteiger partial charge in [-0.3, -0.25) is 0 Å². The molecule has 0 heterocycles. The molecular formula is C20H42IN. The molecule has 0 bridgehead atoms. The SMILES string of the molecule is CCCCCC(C)CCN(C)C(C)C(C)C(C)C(I)C(C)C. The minimum atomic E-state index is 0.675. The van der Waals surface area contributed by atoms with Crippen molar-refractivity contribution in [3.8, 4) is 0 Å². The fourth-order valence-corrected chi connectivity index (χ4v) is 3.91. The first-order valence-electron chi connectivity index (χ1n) is 9.56. The number of nitrogens with zero attached hydrogens (tertiary/aromatic N) is 1. The van der Waals surface area contributed by atoms with E-state index >= 15 is 0 Å². The maximum absolute atomic E-state index is 2.66. The molecule has 134 valence electrons. The normalized spacial score (nSPS) is 19.2. The van der Waals surface area contributed by atoms with Gasteiger partial charge in [0.15, 0.2) is 0 Å². The first-order valence-corrected chi connectivity index (χ1v) is 10.8. The van der Waals surface area contributed by atoms with Crippen LogP contribution in [0.4, 0.5) is 0 Å². The number of hydrogen-bond donors (Lipinski definition) is 0. The third kappa shape index (κ3) is 8.52. The van der Waals surface area contributed by atoms with Crippen molar-refractivity contribution < 1.29 is 0 Å². The van der Waals surface area contributed by atoms with Gasteiger partial charge in [0.1, 0.15) is 0 Å². The zero-order valence-corrected chi connectivity index (χ0v) is 18.7. The van der Waals surface area contributed by atoms with Gasteiger partial charge in [-0.05, 0) is 50.6 Å². The van der Waals surface area contributed by atoms with Gasteiger partial charge >= 0.3 is 0 Å². The van der Waals surface area contributed by atoms with Gasteiger partial charge in [0.25, 0.3) is 0 Å². The van der Waals surface area contributed by atoms with Crippen LogP contribution >= 0.6 is 22.6 Å². The van der Waals surface area contributed by atoms with Crippen LogP contribution in [0.1, 0.15) is 80.6 Å². The Morgan fingerprint density at radius 2 is 1.45 bits per heavy atom. The van der Waals surface area contributed by atoms with E-state index in [1.807, 2.05) is 0 Å². The van der Waals surface area contributed by atoms with Crippen LogP contribution in [0, 0.1) is 23.7 Å². The summed E-state index contributed by atoms with van der Waals surface area (Å²) in [7, 11) is 2.32. The maximum Gasteiger partial charge on any atom is 0.0161 e. The van der Waals surface area contributed by atoms with Crippen LogP contribution < -0.4 is 0 Å². The summed E-state index contributed by atoms with van der Waals surface area (Å²) in [6.07, 6.45) is 6.91. The molecule has 1 nitrogen and oxygen atoms in total. The van der Waals surface area contributed by atoms with Gasteiger partial charge in [-0.15, -0.1) is 0 Å². The summed E-state index contributed by atoms with van der Waals surface area (Å²) in [4.78, 5) is 2.60. The molecule has 0 aliphatic heterocycles. The zero-order chi connectivity index (χ0) is 17.3. The van der Waals surface area contributed by atoms with Crippen LogP contribution in [-0.4, -0.2) is 28.5 Å². The molecule has 22 heavy (non-hydrogen) atoms. The average Bonchev–Trinajstić information content (AvgIpc) is 2.49. The van der Waals surface area contributed by atoms with E-state index in [-0.39, 0.29) is 0 Å². The molecule has 0 rings (SSSR count). The van der Waals surface area contributed by atoms with Crippen LogP contribution in [-0.2, 0) is 0 Å². The van der Waals surface area contributed by atoms with E-state index in [4.69, 9.17) is 0 Å². The van der Waals surface area contributed by atoms with Crippen molar-refractivity contribution in [2.75, 3.05) is 13.6 Å². The third-order valence-electron chi connectivity index (χ3n) is 5.70. The van der Waals surface area contributed by atoms with E-state index in [0.717, 1.165) is 27.6 Å². The van der Waals surface area contributed by atoms with Crippen LogP contribution in [0.3, 0.4) is 0 Å². The first-order chi connectivity index (χ1) is 10.2. The molecule has 0 saturated heterocycles. The van der Waals surface area contributed by atoms with E-state index in [2.05, 4.69) is 83.0 Å². The molecule has 5 atom stereocenters. The summed E-state index contributed by atoms with van der Waals surface area (Å²) in [5.74, 6) is 3.18. The highest BCUT2D eigenvalue weighted by Crippen LogP contribution is 2.31. The van der Waals surface area contributed by atoms with E-state index in [9.17, 15) is 0 Å². The van der Waals surface area contributed by atoms with Crippen molar-refractivity contribution in [1.29, 1.82) is 0 Å². The van der Waals surface area contributed by atoms with E-state index in [1.165, 1.54) is 38.6 Å². The number of unbranched alkanes of at least 4 members (excludes halogenated alkanes) is 2. The molecule has 0 aromatic rings.